The van der Waals surface area contributed by atoms with Gasteiger partial charge in [-0.15, -0.1) is 0 Å². The molecule has 0 unspecified atom stereocenters. The molecule has 0 radical (unpaired) electrons. The zero-order valence-electron chi connectivity index (χ0n) is 13.2. The zero-order valence-corrected chi connectivity index (χ0v) is 13.2. The van der Waals surface area contributed by atoms with E-state index in [4.69, 9.17) is 4.74 Å². The molecule has 6 heteroatoms. The zero-order chi connectivity index (χ0) is 16.9. The van der Waals surface area contributed by atoms with Gasteiger partial charge in [0.05, 0.1) is 17.9 Å². The summed E-state index contributed by atoms with van der Waals surface area (Å²) >= 11 is 0. The summed E-state index contributed by atoms with van der Waals surface area (Å²) in [5, 5.41) is 8.91. The fourth-order valence-corrected chi connectivity index (χ4v) is 2.48. The second-order valence-corrected chi connectivity index (χ2v) is 5.32. The Labute approximate surface area is 139 Å². The fraction of sp³-hybridized carbons (Fsp3) is 0.167. The Bertz CT molecular complexity index is 772. The number of carbonyl (C=O) groups is 1. The molecular weight excluding hydrogens is 309 g/mol. The van der Waals surface area contributed by atoms with Gasteiger partial charge in [0.15, 0.2) is 0 Å². The van der Waals surface area contributed by atoms with Crippen molar-refractivity contribution < 1.29 is 13.9 Å². The third-order valence-electron chi connectivity index (χ3n) is 3.68. The van der Waals surface area contributed by atoms with Gasteiger partial charge >= 0.3 is 0 Å². The van der Waals surface area contributed by atoms with Crippen LogP contribution in [-0.4, -0.2) is 26.2 Å². The van der Waals surface area contributed by atoms with E-state index < -0.39 is 5.82 Å². The molecule has 0 bridgehead atoms. The predicted octanol–water partition coefficient (Wildman–Crippen LogP) is 3.29. The van der Waals surface area contributed by atoms with E-state index in [9.17, 15) is 9.18 Å². The van der Waals surface area contributed by atoms with Crippen LogP contribution in [0.5, 0.6) is 0 Å². The number of anilines is 3. The molecule has 0 spiro atoms. The maximum Gasteiger partial charge on any atom is 0.257 e. The molecule has 0 aromatic heterocycles. The summed E-state index contributed by atoms with van der Waals surface area (Å²) in [5.74, 6) is -0.739. The van der Waals surface area contributed by atoms with Crippen LogP contribution >= 0.6 is 0 Å². The third kappa shape index (κ3) is 3.38. The molecule has 24 heavy (non-hydrogen) atoms. The Hall–Kier alpha value is -2.86. The van der Waals surface area contributed by atoms with E-state index in [0.717, 1.165) is 17.9 Å². The van der Waals surface area contributed by atoms with Gasteiger partial charge in [-0.3, -0.25) is 4.79 Å². The Morgan fingerprint density at radius 1 is 1.17 bits per heavy atom. The van der Waals surface area contributed by atoms with E-state index in [1.54, 1.807) is 19.2 Å². The number of benzene rings is 2. The Kier molecular flexibility index (Phi) is 4.77. The number of nitrogens with one attached hydrogen (secondary N) is 3. The maximum atomic E-state index is 14.0. The molecule has 0 aliphatic carbocycles. The number of methoxy groups -OCH3 is 1. The van der Waals surface area contributed by atoms with E-state index in [-0.39, 0.29) is 11.5 Å². The lowest BCUT2D eigenvalue weighted by Gasteiger charge is -2.07. The smallest absolute Gasteiger partial charge is 0.257 e. The van der Waals surface area contributed by atoms with Crippen molar-refractivity contribution in [1.29, 1.82) is 0 Å². The van der Waals surface area contributed by atoms with Crippen LogP contribution in [0, 0.1) is 5.82 Å². The highest BCUT2D eigenvalue weighted by Gasteiger charge is 2.26. The first kappa shape index (κ1) is 16.0. The molecule has 0 fully saturated rings. The van der Waals surface area contributed by atoms with Crippen LogP contribution in [-0.2, 0) is 9.53 Å². The Balaban J connectivity index is 1.71. The fourth-order valence-electron chi connectivity index (χ4n) is 2.48. The van der Waals surface area contributed by atoms with Gasteiger partial charge < -0.3 is 20.7 Å². The average molecular weight is 327 g/mol. The number of ether oxygens (including phenoxy) is 1. The second-order valence-electron chi connectivity index (χ2n) is 5.32. The van der Waals surface area contributed by atoms with Crippen molar-refractivity contribution >= 4 is 28.5 Å². The number of hydrogen-bond donors (Lipinski definition) is 3. The minimum absolute atomic E-state index is 0.283. The highest BCUT2D eigenvalue weighted by atomic mass is 19.1. The van der Waals surface area contributed by atoms with Crippen LogP contribution in [0.3, 0.4) is 0 Å². The SMILES string of the molecule is COCCNc1ccc(NC=C2C(=O)Nc3cccc(F)c32)cc1. The topological polar surface area (TPSA) is 62.4 Å². The number of fused-ring (bicyclic) bond motifs is 1. The lowest BCUT2D eigenvalue weighted by Crippen LogP contribution is -2.07. The van der Waals surface area contributed by atoms with Gasteiger partial charge in [-0.25, -0.2) is 4.39 Å². The van der Waals surface area contributed by atoms with Crippen molar-refractivity contribution in [3.05, 3.63) is 60.0 Å². The number of rotatable bonds is 6. The number of amides is 1. The summed E-state index contributed by atoms with van der Waals surface area (Å²) in [6.07, 6.45) is 1.53. The first-order valence-corrected chi connectivity index (χ1v) is 7.59. The lowest BCUT2D eigenvalue weighted by atomic mass is 10.1. The Morgan fingerprint density at radius 2 is 1.92 bits per heavy atom. The highest BCUT2D eigenvalue weighted by Crippen LogP contribution is 2.33. The van der Waals surface area contributed by atoms with Crippen LogP contribution in [0.25, 0.3) is 5.57 Å². The van der Waals surface area contributed by atoms with Crippen LogP contribution < -0.4 is 16.0 Å². The standard InChI is InChI=1S/C18H18FN3O2/c1-24-10-9-20-12-5-7-13(8-6-12)21-11-14-17-15(19)3-2-4-16(17)22-18(14)23/h2-8,11,20-21H,9-10H2,1H3,(H,22,23). The molecule has 5 nitrogen and oxygen atoms in total. The third-order valence-corrected chi connectivity index (χ3v) is 3.68. The predicted molar refractivity (Wildman–Crippen MR) is 93.4 cm³/mol. The van der Waals surface area contributed by atoms with Crippen LogP contribution in [0.1, 0.15) is 5.56 Å². The molecule has 1 heterocycles. The summed E-state index contributed by atoms with van der Waals surface area (Å²) < 4.78 is 18.9. The summed E-state index contributed by atoms with van der Waals surface area (Å²) in [4.78, 5) is 12.0. The first-order chi connectivity index (χ1) is 11.7. The van der Waals surface area contributed by atoms with Crippen molar-refractivity contribution in [2.45, 2.75) is 0 Å². The van der Waals surface area contributed by atoms with Gasteiger partial charge in [-0.2, -0.15) is 0 Å². The van der Waals surface area contributed by atoms with Gasteiger partial charge in [0.2, 0.25) is 0 Å². The van der Waals surface area contributed by atoms with E-state index >= 15 is 0 Å². The largest absolute Gasteiger partial charge is 0.383 e. The summed E-state index contributed by atoms with van der Waals surface area (Å²) in [7, 11) is 1.66. The van der Waals surface area contributed by atoms with Gasteiger partial charge in [0.25, 0.3) is 5.91 Å². The molecule has 0 saturated carbocycles. The first-order valence-electron chi connectivity index (χ1n) is 7.59. The Morgan fingerprint density at radius 3 is 2.67 bits per heavy atom. The van der Waals surface area contributed by atoms with Gasteiger partial charge in [0.1, 0.15) is 5.82 Å². The van der Waals surface area contributed by atoms with E-state index in [0.29, 0.717) is 17.9 Å². The van der Waals surface area contributed by atoms with Crippen molar-refractivity contribution in [1.82, 2.24) is 0 Å². The number of halogens is 1. The van der Waals surface area contributed by atoms with Crippen LogP contribution in [0.2, 0.25) is 0 Å². The van der Waals surface area contributed by atoms with Gasteiger partial charge in [-0.1, -0.05) is 6.07 Å². The van der Waals surface area contributed by atoms with Crippen molar-refractivity contribution in [2.75, 3.05) is 36.2 Å². The molecule has 1 aliphatic rings. The molecule has 0 atom stereocenters. The van der Waals surface area contributed by atoms with Gasteiger partial charge in [-0.05, 0) is 36.4 Å². The number of carbonyl (C=O) groups excluding carboxylic acids is 1. The molecule has 124 valence electrons. The molecule has 2 aromatic rings. The molecule has 1 amide bonds. The van der Waals surface area contributed by atoms with E-state index in [1.807, 2.05) is 24.3 Å². The van der Waals surface area contributed by atoms with Crippen LogP contribution in [0.4, 0.5) is 21.5 Å². The van der Waals surface area contributed by atoms with Crippen LogP contribution in [0.15, 0.2) is 48.7 Å². The molecule has 1 aliphatic heterocycles. The van der Waals surface area contributed by atoms with Crippen molar-refractivity contribution in [3.8, 4) is 0 Å². The quantitative estimate of drug-likeness (QED) is 0.563. The molecular formula is C18H18FN3O2. The molecule has 0 saturated heterocycles. The highest BCUT2D eigenvalue weighted by molar-refractivity contribution is 6.31. The summed E-state index contributed by atoms with van der Waals surface area (Å²) in [6, 6.07) is 12.2. The molecule has 3 rings (SSSR count). The van der Waals surface area contributed by atoms with E-state index in [2.05, 4.69) is 16.0 Å². The minimum atomic E-state index is -0.420. The van der Waals surface area contributed by atoms with Crippen molar-refractivity contribution in [2.24, 2.45) is 0 Å². The van der Waals surface area contributed by atoms with E-state index in [1.165, 1.54) is 12.3 Å². The average Bonchev–Trinajstić information content (AvgIpc) is 2.91. The van der Waals surface area contributed by atoms with Gasteiger partial charge in [0, 0.05) is 36.8 Å². The molecule has 3 N–H and O–H groups in total. The number of hydrogen-bond acceptors (Lipinski definition) is 4. The minimum Gasteiger partial charge on any atom is -0.383 e. The monoisotopic (exact) mass is 327 g/mol. The maximum absolute atomic E-state index is 14.0. The summed E-state index contributed by atoms with van der Waals surface area (Å²) in [5.41, 5.74) is 2.85. The molecule has 2 aromatic carbocycles. The lowest BCUT2D eigenvalue weighted by molar-refractivity contribution is -0.110. The summed E-state index contributed by atoms with van der Waals surface area (Å²) in [6.45, 7) is 1.36. The second kappa shape index (κ2) is 7.14. The normalized spacial score (nSPS) is 14.4. The van der Waals surface area contributed by atoms with Crippen molar-refractivity contribution in [3.63, 3.8) is 0 Å².